The Bertz CT molecular complexity index is 303. The zero-order valence-corrected chi connectivity index (χ0v) is 12.3. The van der Waals surface area contributed by atoms with Crippen LogP contribution < -0.4 is 5.73 Å². The molecule has 19 heavy (non-hydrogen) atoms. The highest BCUT2D eigenvalue weighted by atomic mass is 15.2. The van der Waals surface area contributed by atoms with Gasteiger partial charge >= 0.3 is 0 Å². The van der Waals surface area contributed by atoms with E-state index in [9.17, 15) is 0 Å². The summed E-state index contributed by atoms with van der Waals surface area (Å²) in [5, 5.41) is 0. The van der Waals surface area contributed by atoms with Crippen LogP contribution in [-0.2, 0) is 0 Å². The summed E-state index contributed by atoms with van der Waals surface area (Å²) >= 11 is 0. The summed E-state index contributed by atoms with van der Waals surface area (Å²) in [7, 11) is 0. The summed E-state index contributed by atoms with van der Waals surface area (Å²) in [6.07, 6.45) is 13.8. The normalized spacial score (nSPS) is 49.1. The van der Waals surface area contributed by atoms with Gasteiger partial charge in [-0.25, -0.2) is 0 Å². The monoisotopic (exact) mass is 262 g/mol. The lowest BCUT2D eigenvalue weighted by atomic mass is 9.48. The largest absolute Gasteiger partial charge is 0.329 e. The predicted molar refractivity (Wildman–Crippen MR) is 78.9 cm³/mol. The average molecular weight is 262 g/mol. The molecule has 4 saturated carbocycles. The van der Waals surface area contributed by atoms with Gasteiger partial charge in [0, 0.05) is 19.1 Å². The van der Waals surface area contributed by atoms with Gasteiger partial charge in [0.05, 0.1) is 0 Å². The maximum absolute atomic E-state index is 5.79. The summed E-state index contributed by atoms with van der Waals surface area (Å²) < 4.78 is 0. The molecule has 1 atom stereocenters. The van der Waals surface area contributed by atoms with E-state index in [4.69, 9.17) is 5.73 Å². The SMILES string of the molecule is NCCN1CCCC1CC12CC3CC(CC(C3)C1)C2. The highest BCUT2D eigenvalue weighted by Crippen LogP contribution is 2.62. The van der Waals surface area contributed by atoms with E-state index in [-0.39, 0.29) is 0 Å². The van der Waals surface area contributed by atoms with Gasteiger partial charge in [0.1, 0.15) is 0 Å². The first-order chi connectivity index (χ1) is 9.26. The molecule has 108 valence electrons. The van der Waals surface area contributed by atoms with Crippen molar-refractivity contribution in [3.05, 3.63) is 0 Å². The van der Waals surface area contributed by atoms with Crippen molar-refractivity contribution in [2.24, 2.45) is 28.9 Å². The molecule has 5 fully saturated rings. The fourth-order valence-electron chi connectivity index (χ4n) is 6.63. The van der Waals surface area contributed by atoms with Crippen LogP contribution in [0.2, 0.25) is 0 Å². The van der Waals surface area contributed by atoms with Crippen LogP contribution >= 0.6 is 0 Å². The quantitative estimate of drug-likeness (QED) is 0.844. The maximum Gasteiger partial charge on any atom is 0.0108 e. The second kappa shape index (κ2) is 4.73. The Kier molecular flexibility index (Phi) is 3.15. The van der Waals surface area contributed by atoms with Crippen molar-refractivity contribution in [2.45, 2.75) is 63.8 Å². The van der Waals surface area contributed by atoms with Crippen molar-refractivity contribution in [1.82, 2.24) is 4.90 Å². The summed E-state index contributed by atoms with van der Waals surface area (Å²) in [6, 6.07) is 0.875. The van der Waals surface area contributed by atoms with E-state index in [0.29, 0.717) is 0 Å². The fourth-order valence-corrected chi connectivity index (χ4v) is 6.63. The van der Waals surface area contributed by atoms with Crippen LogP contribution in [0.3, 0.4) is 0 Å². The number of nitrogens with zero attached hydrogens (tertiary/aromatic N) is 1. The Labute approximate surface area is 118 Å². The first kappa shape index (κ1) is 12.6. The molecule has 0 spiro atoms. The average Bonchev–Trinajstić information content (AvgIpc) is 2.74. The molecule has 1 saturated heterocycles. The number of rotatable bonds is 4. The molecule has 0 aromatic heterocycles. The van der Waals surface area contributed by atoms with E-state index in [1.165, 1.54) is 25.8 Å². The second-order valence-electron chi connectivity index (χ2n) is 8.24. The van der Waals surface area contributed by atoms with Crippen molar-refractivity contribution in [3.8, 4) is 0 Å². The molecule has 4 aliphatic carbocycles. The summed E-state index contributed by atoms with van der Waals surface area (Å²) in [4.78, 5) is 2.71. The Morgan fingerprint density at radius 2 is 1.63 bits per heavy atom. The van der Waals surface area contributed by atoms with E-state index < -0.39 is 0 Å². The van der Waals surface area contributed by atoms with E-state index in [2.05, 4.69) is 4.90 Å². The molecule has 0 aromatic carbocycles. The van der Waals surface area contributed by atoms with Crippen LogP contribution in [-0.4, -0.2) is 30.6 Å². The van der Waals surface area contributed by atoms with Crippen LogP contribution in [0.5, 0.6) is 0 Å². The van der Waals surface area contributed by atoms with E-state index in [1.54, 1.807) is 38.5 Å². The van der Waals surface area contributed by atoms with Gasteiger partial charge in [-0.2, -0.15) is 0 Å². The molecule has 4 bridgehead atoms. The minimum Gasteiger partial charge on any atom is -0.329 e. The fraction of sp³-hybridized carbons (Fsp3) is 1.00. The van der Waals surface area contributed by atoms with Gasteiger partial charge in [0.25, 0.3) is 0 Å². The molecule has 0 amide bonds. The first-order valence-electron chi connectivity index (χ1n) is 8.70. The molecule has 0 radical (unpaired) electrons. The highest BCUT2D eigenvalue weighted by molar-refractivity contribution is 5.03. The lowest BCUT2D eigenvalue weighted by Gasteiger charge is -2.58. The maximum atomic E-state index is 5.79. The van der Waals surface area contributed by atoms with Crippen molar-refractivity contribution in [1.29, 1.82) is 0 Å². The molecular weight excluding hydrogens is 232 g/mol. The van der Waals surface area contributed by atoms with E-state index in [1.807, 2.05) is 0 Å². The molecule has 5 aliphatic rings. The predicted octanol–water partition coefficient (Wildman–Crippen LogP) is 3.02. The third kappa shape index (κ3) is 2.25. The number of hydrogen-bond donors (Lipinski definition) is 1. The van der Waals surface area contributed by atoms with Gasteiger partial charge in [-0.15, -0.1) is 0 Å². The minimum absolute atomic E-state index is 0.761. The van der Waals surface area contributed by atoms with Crippen molar-refractivity contribution < 1.29 is 0 Å². The molecule has 5 rings (SSSR count). The zero-order chi connectivity index (χ0) is 12.9. The standard InChI is InChI=1S/C17H30N2/c18-3-5-19-4-1-2-16(19)12-17-9-13-6-14(10-17)8-15(7-13)11-17/h13-16H,1-12,18H2. The number of hydrogen-bond acceptors (Lipinski definition) is 2. The molecule has 1 unspecified atom stereocenters. The van der Waals surface area contributed by atoms with Gasteiger partial charge in [-0.1, -0.05) is 0 Å². The molecule has 1 aliphatic heterocycles. The van der Waals surface area contributed by atoms with Gasteiger partial charge in [-0.05, 0) is 87.5 Å². The summed E-state index contributed by atoms with van der Waals surface area (Å²) in [6.45, 7) is 3.29. The third-order valence-electron chi connectivity index (χ3n) is 6.75. The molecular formula is C17H30N2. The van der Waals surface area contributed by atoms with E-state index >= 15 is 0 Å². The van der Waals surface area contributed by atoms with Crippen LogP contribution in [0, 0.1) is 23.2 Å². The summed E-state index contributed by atoms with van der Waals surface area (Å²) in [5.41, 5.74) is 6.55. The Hall–Kier alpha value is -0.0800. The van der Waals surface area contributed by atoms with Gasteiger partial charge < -0.3 is 5.73 Å². The van der Waals surface area contributed by atoms with Crippen molar-refractivity contribution in [2.75, 3.05) is 19.6 Å². The van der Waals surface area contributed by atoms with Crippen molar-refractivity contribution >= 4 is 0 Å². The van der Waals surface area contributed by atoms with Crippen LogP contribution in [0.1, 0.15) is 57.8 Å². The Balaban J connectivity index is 1.47. The van der Waals surface area contributed by atoms with Gasteiger partial charge in [0.2, 0.25) is 0 Å². The van der Waals surface area contributed by atoms with Crippen LogP contribution in [0.25, 0.3) is 0 Å². The van der Waals surface area contributed by atoms with Crippen LogP contribution in [0.4, 0.5) is 0 Å². The van der Waals surface area contributed by atoms with Gasteiger partial charge in [-0.3, -0.25) is 4.90 Å². The topological polar surface area (TPSA) is 29.3 Å². The second-order valence-corrected chi connectivity index (χ2v) is 8.24. The van der Waals surface area contributed by atoms with Crippen LogP contribution in [0.15, 0.2) is 0 Å². The molecule has 1 heterocycles. The highest BCUT2D eigenvalue weighted by Gasteiger charge is 2.51. The van der Waals surface area contributed by atoms with E-state index in [0.717, 1.165) is 42.3 Å². The molecule has 2 heteroatoms. The summed E-state index contributed by atoms with van der Waals surface area (Å²) in [5.74, 6) is 3.32. The van der Waals surface area contributed by atoms with Gasteiger partial charge in [0.15, 0.2) is 0 Å². The first-order valence-corrected chi connectivity index (χ1v) is 8.70. The lowest BCUT2D eigenvalue weighted by molar-refractivity contribution is -0.0670. The third-order valence-corrected chi connectivity index (χ3v) is 6.75. The number of nitrogens with two attached hydrogens (primary N) is 1. The molecule has 2 N–H and O–H groups in total. The zero-order valence-electron chi connectivity index (χ0n) is 12.3. The lowest BCUT2D eigenvalue weighted by Crippen LogP contribution is -2.49. The molecule has 2 nitrogen and oxygen atoms in total. The Morgan fingerprint density at radius 1 is 1.00 bits per heavy atom. The van der Waals surface area contributed by atoms with Crippen molar-refractivity contribution in [3.63, 3.8) is 0 Å². The smallest absolute Gasteiger partial charge is 0.0108 e. The minimum atomic E-state index is 0.761. The molecule has 0 aromatic rings. The Morgan fingerprint density at radius 3 is 2.21 bits per heavy atom. The number of likely N-dealkylation sites (tertiary alicyclic amines) is 1.